The molecule has 106 valence electrons. The van der Waals surface area contributed by atoms with Crippen LogP contribution in [0.1, 0.15) is 44.6 Å². The summed E-state index contributed by atoms with van der Waals surface area (Å²) in [6, 6.07) is 4.51. The molecule has 2 rings (SSSR count). The van der Waals surface area contributed by atoms with Gasteiger partial charge in [0.1, 0.15) is 5.75 Å². The minimum absolute atomic E-state index is 0.268. The van der Waals surface area contributed by atoms with Crippen molar-refractivity contribution in [2.45, 2.75) is 51.6 Å². The predicted molar refractivity (Wildman–Crippen MR) is 86.4 cm³/mol. The fourth-order valence-electron chi connectivity index (χ4n) is 2.80. The Bertz CT molecular complexity index is 407. The highest BCUT2D eigenvalue weighted by Crippen LogP contribution is 2.33. The van der Waals surface area contributed by atoms with Crippen LogP contribution in [0.4, 0.5) is 0 Å². The maximum atomic E-state index is 9.70. The maximum absolute atomic E-state index is 9.70. The highest BCUT2D eigenvalue weighted by molar-refractivity contribution is 9.11. The Balaban J connectivity index is 1.91. The van der Waals surface area contributed by atoms with Crippen molar-refractivity contribution in [1.82, 2.24) is 5.32 Å². The molecule has 0 heterocycles. The van der Waals surface area contributed by atoms with Crippen LogP contribution in [0.3, 0.4) is 0 Å². The van der Waals surface area contributed by atoms with Crippen molar-refractivity contribution in [2.75, 3.05) is 0 Å². The van der Waals surface area contributed by atoms with Gasteiger partial charge in [-0.3, -0.25) is 0 Å². The first kappa shape index (κ1) is 15.3. The molecule has 1 aliphatic carbocycles. The molecule has 1 aromatic carbocycles. The molecule has 2 N–H and O–H groups in total. The molecule has 0 unspecified atom stereocenters. The second-order valence-corrected chi connectivity index (χ2v) is 7.18. The molecule has 2 nitrogen and oxygen atoms in total. The molecule has 1 aliphatic rings. The van der Waals surface area contributed by atoms with Gasteiger partial charge in [0.15, 0.2) is 0 Å². The van der Waals surface area contributed by atoms with Crippen LogP contribution in [0.2, 0.25) is 0 Å². The molecule has 0 amide bonds. The van der Waals surface area contributed by atoms with E-state index in [9.17, 15) is 5.11 Å². The Morgan fingerprint density at radius 1 is 1.21 bits per heavy atom. The third-order valence-electron chi connectivity index (χ3n) is 4.06. The zero-order chi connectivity index (χ0) is 13.8. The number of phenols is 1. The molecule has 1 atom stereocenters. The van der Waals surface area contributed by atoms with E-state index >= 15 is 0 Å². The van der Waals surface area contributed by atoms with Crippen molar-refractivity contribution in [3.05, 3.63) is 26.6 Å². The average Bonchev–Trinajstić information content (AvgIpc) is 2.43. The predicted octanol–water partition coefficient (Wildman–Crippen LogP) is 4.98. The lowest BCUT2D eigenvalue weighted by atomic mass is 9.84. The van der Waals surface area contributed by atoms with Gasteiger partial charge in [-0.2, -0.15) is 0 Å². The second kappa shape index (κ2) is 7.09. The quantitative estimate of drug-likeness (QED) is 0.760. The normalized spacial score (nSPS) is 18.5. The minimum Gasteiger partial charge on any atom is -0.506 e. The highest BCUT2D eigenvalue weighted by Gasteiger charge is 2.19. The SMILES string of the molecule is C[C@@H](NCc1cc(Br)c(O)c(Br)c1)C1CCCCC1. The van der Waals surface area contributed by atoms with E-state index in [1.165, 1.54) is 37.7 Å². The lowest BCUT2D eigenvalue weighted by molar-refractivity contribution is 0.280. The van der Waals surface area contributed by atoms with Gasteiger partial charge in [0.2, 0.25) is 0 Å². The van der Waals surface area contributed by atoms with E-state index in [1.807, 2.05) is 12.1 Å². The number of hydrogen-bond acceptors (Lipinski definition) is 2. The molecule has 1 saturated carbocycles. The van der Waals surface area contributed by atoms with Gasteiger partial charge in [-0.1, -0.05) is 19.3 Å². The van der Waals surface area contributed by atoms with Crippen LogP contribution in [0.5, 0.6) is 5.75 Å². The van der Waals surface area contributed by atoms with Gasteiger partial charge in [-0.25, -0.2) is 0 Å². The van der Waals surface area contributed by atoms with Gasteiger partial charge < -0.3 is 10.4 Å². The van der Waals surface area contributed by atoms with Crippen molar-refractivity contribution in [3.8, 4) is 5.75 Å². The molecule has 0 saturated heterocycles. The van der Waals surface area contributed by atoms with Gasteiger partial charge in [0.05, 0.1) is 8.95 Å². The Labute approximate surface area is 132 Å². The Morgan fingerprint density at radius 2 is 1.79 bits per heavy atom. The lowest BCUT2D eigenvalue weighted by Crippen LogP contribution is -2.34. The van der Waals surface area contributed by atoms with Crippen LogP contribution in [0.25, 0.3) is 0 Å². The summed E-state index contributed by atoms with van der Waals surface area (Å²) < 4.78 is 1.48. The van der Waals surface area contributed by atoms with E-state index in [0.717, 1.165) is 21.4 Å². The van der Waals surface area contributed by atoms with Crippen LogP contribution in [-0.4, -0.2) is 11.1 Å². The second-order valence-electron chi connectivity index (χ2n) is 5.48. The third kappa shape index (κ3) is 4.20. The van der Waals surface area contributed by atoms with Crippen LogP contribution < -0.4 is 5.32 Å². The zero-order valence-electron chi connectivity index (χ0n) is 11.3. The van der Waals surface area contributed by atoms with E-state index in [0.29, 0.717) is 6.04 Å². The van der Waals surface area contributed by atoms with Crippen molar-refractivity contribution >= 4 is 31.9 Å². The van der Waals surface area contributed by atoms with Crippen molar-refractivity contribution in [1.29, 1.82) is 0 Å². The summed E-state index contributed by atoms with van der Waals surface area (Å²) in [7, 11) is 0. The maximum Gasteiger partial charge on any atom is 0.143 e. The number of halogens is 2. The Kier molecular flexibility index (Phi) is 5.72. The number of nitrogens with one attached hydrogen (secondary N) is 1. The molecule has 0 bridgehead atoms. The topological polar surface area (TPSA) is 32.3 Å². The van der Waals surface area contributed by atoms with Gasteiger partial charge in [-0.15, -0.1) is 0 Å². The summed E-state index contributed by atoms with van der Waals surface area (Å²) in [5.74, 6) is 1.09. The Morgan fingerprint density at radius 3 is 2.37 bits per heavy atom. The Hall–Kier alpha value is -0.0600. The van der Waals surface area contributed by atoms with E-state index < -0.39 is 0 Å². The minimum atomic E-state index is 0.268. The van der Waals surface area contributed by atoms with E-state index in [2.05, 4.69) is 44.1 Å². The fourth-order valence-corrected chi connectivity index (χ4v) is 4.08. The molecule has 4 heteroatoms. The first-order valence-electron chi connectivity index (χ1n) is 6.98. The van der Waals surface area contributed by atoms with Crippen molar-refractivity contribution in [3.63, 3.8) is 0 Å². The van der Waals surface area contributed by atoms with E-state index in [4.69, 9.17) is 0 Å². The van der Waals surface area contributed by atoms with Crippen LogP contribution >= 0.6 is 31.9 Å². The van der Waals surface area contributed by atoms with Crippen molar-refractivity contribution < 1.29 is 5.11 Å². The van der Waals surface area contributed by atoms with E-state index in [-0.39, 0.29) is 5.75 Å². The smallest absolute Gasteiger partial charge is 0.143 e. The highest BCUT2D eigenvalue weighted by atomic mass is 79.9. The van der Waals surface area contributed by atoms with Crippen molar-refractivity contribution in [2.24, 2.45) is 5.92 Å². The summed E-state index contributed by atoms with van der Waals surface area (Å²) in [5, 5.41) is 13.3. The molecular formula is C15H21Br2NO. The summed E-state index contributed by atoms with van der Waals surface area (Å²) >= 11 is 6.75. The first-order valence-corrected chi connectivity index (χ1v) is 8.57. The fraction of sp³-hybridized carbons (Fsp3) is 0.600. The lowest BCUT2D eigenvalue weighted by Gasteiger charge is -2.28. The summed E-state index contributed by atoms with van der Waals surface area (Å²) in [6.45, 7) is 3.13. The molecule has 0 aromatic heterocycles. The first-order chi connectivity index (χ1) is 9.08. The number of aromatic hydroxyl groups is 1. The number of phenolic OH excluding ortho intramolecular Hbond substituents is 1. The summed E-state index contributed by atoms with van der Waals surface area (Å²) in [4.78, 5) is 0. The van der Waals surface area contributed by atoms with Crippen LogP contribution in [-0.2, 0) is 6.54 Å². The molecular weight excluding hydrogens is 370 g/mol. The number of benzene rings is 1. The molecule has 0 radical (unpaired) electrons. The van der Waals surface area contributed by atoms with Gasteiger partial charge >= 0.3 is 0 Å². The number of hydrogen-bond donors (Lipinski definition) is 2. The molecule has 1 fully saturated rings. The molecule has 19 heavy (non-hydrogen) atoms. The molecule has 0 aliphatic heterocycles. The van der Waals surface area contributed by atoms with Crippen LogP contribution in [0, 0.1) is 5.92 Å². The molecule has 1 aromatic rings. The monoisotopic (exact) mass is 389 g/mol. The standard InChI is InChI=1S/C15H21Br2NO/c1-10(12-5-3-2-4-6-12)18-9-11-7-13(16)15(19)14(17)8-11/h7-8,10,12,18-19H,2-6,9H2,1H3/t10-/m1/s1. The molecule has 0 spiro atoms. The number of rotatable bonds is 4. The van der Waals surface area contributed by atoms with Crippen LogP contribution in [0.15, 0.2) is 21.1 Å². The third-order valence-corrected chi connectivity index (χ3v) is 5.27. The zero-order valence-corrected chi connectivity index (χ0v) is 14.4. The summed E-state index contributed by atoms with van der Waals surface area (Å²) in [6.07, 6.45) is 6.88. The van der Waals surface area contributed by atoms with Gasteiger partial charge in [0.25, 0.3) is 0 Å². The van der Waals surface area contributed by atoms with Gasteiger partial charge in [0, 0.05) is 12.6 Å². The average molecular weight is 391 g/mol. The van der Waals surface area contributed by atoms with E-state index in [1.54, 1.807) is 0 Å². The summed E-state index contributed by atoms with van der Waals surface area (Å²) in [5.41, 5.74) is 1.18. The van der Waals surface area contributed by atoms with Gasteiger partial charge in [-0.05, 0) is 75.2 Å². The largest absolute Gasteiger partial charge is 0.506 e.